The van der Waals surface area contributed by atoms with Crippen molar-refractivity contribution in [3.05, 3.63) is 35.4 Å². The average molecular weight is 265 g/mol. The van der Waals surface area contributed by atoms with Gasteiger partial charge in [0, 0.05) is 12.1 Å². The van der Waals surface area contributed by atoms with Crippen molar-refractivity contribution < 1.29 is 14.8 Å². The Morgan fingerprint density at radius 3 is 2.42 bits per heavy atom. The van der Waals surface area contributed by atoms with E-state index in [1.165, 1.54) is 5.48 Å². The van der Waals surface area contributed by atoms with Crippen LogP contribution in [-0.4, -0.2) is 29.6 Å². The number of rotatable bonds is 6. The Morgan fingerprint density at radius 1 is 1.32 bits per heavy atom. The number of carbonyl (C=O) groups excluding carboxylic acids is 2. The Hall–Kier alpha value is -1.92. The van der Waals surface area contributed by atoms with Gasteiger partial charge in [0.1, 0.15) is 6.04 Å². The molecule has 104 valence electrons. The molecule has 0 aromatic heterocycles. The molecule has 1 aromatic carbocycles. The predicted molar refractivity (Wildman–Crippen MR) is 70.7 cm³/mol. The van der Waals surface area contributed by atoms with E-state index >= 15 is 0 Å². The van der Waals surface area contributed by atoms with Crippen LogP contribution in [0.4, 0.5) is 0 Å². The second kappa shape index (κ2) is 7.50. The molecule has 2 amide bonds. The second-order valence-corrected chi connectivity index (χ2v) is 4.18. The summed E-state index contributed by atoms with van der Waals surface area (Å²) >= 11 is 0. The van der Waals surface area contributed by atoms with Crippen LogP contribution in [0, 0.1) is 0 Å². The fourth-order valence-electron chi connectivity index (χ4n) is 1.66. The van der Waals surface area contributed by atoms with Gasteiger partial charge in [0.25, 0.3) is 11.8 Å². The van der Waals surface area contributed by atoms with Crippen LogP contribution in [0.5, 0.6) is 0 Å². The van der Waals surface area contributed by atoms with E-state index in [1.807, 2.05) is 12.1 Å². The average Bonchev–Trinajstić information content (AvgIpc) is 2.44. The third kappa shape index (κ3) is 4.35. The molecule has 0 aliphatic heterocycles. The summed E-state index contributed by atoms with van der Waals surface area (Å²) in [7, 11) is 0. The third-order valence-electron chi connectivity index (χ3n) is 2.72. The first-order chi connectivity index (χ1) is 9.12. The summed E-state index contributed by atoms with van der Waals surface area (Å²) in [5, 5.41) is 11.0. The summed E-state index contributed by atoms with van der Waals surface area (Å²) in [6.45, 7) is 1.99. The van der Waals surface area contributed by atoms with Gasteiger partial charge in [-0.15, -0.1) is 0 Å². The maximum atomic E-state index is 11.9. The first-order valence-corrected chi connectivity index (χ1v) is 6.16. The molecule has 0 heterocycles. The maximum Gasteiger partial charge on any atom is 0.267 e. The van der Waals surface area contributed by atoms with Gasteiger partial charge in [-0.3, -0.25) is 14.8 Å². The van der Waals surface area contributed by atoms with Crippen LogP contribution in [0.1, 0.15) is 29.3 Å². The highest BCUT2D eigenvalue weighted by atomic mass is 16.5. The van der Waals surface area contributed by atoms with E-state index in [2.05, 4.69) is 12.2 Å². The van der Waals surface area contributed by atoms with Gasteiger partial charge in [-0.25, -0.2) is 5.48 Å². The third-order valence-corrected chi connectivity index (χ3v) is 2.72. The molecule has 0 saturated carbocycles. The number of benzene rings is 1. The van der Waals surface area contributed by atoms with Gasteiger partial charge in [0.2, 0.25) is 0 Å². The largest absolute Gasteiger partial charge is 0.339 e. The highest BCUT2D eigenvalue weighted by molar-refractivity contribution is 5.97. The van der Waals surface area contributed by atoms with Crippen LogP contribution in [0.25, 0.3) is 0 Å². The molecule has 1 atom stereocenters. The summed E-state index contributed by atoms with van der Waals surface area (Å²) in [4.78, 5) is 23.1. The van der Waals surface area contributed by atoms with Crippen molar-refractivity contribution in [3.8, 4) is 0 Å². The summed E-state index contributed by atoms with van der Waals surface area (Å²) < 4.78 is 0. The molecule has 19 heavy (non-hydrogen) atoms. The standard InChI is InChI=1S/C13H19N3O3/c1-2-3-9-4-6-10(7-5-9)12(17)15-11(8-14)13(18)16-19/h4-7,11,19H,2-3,8,14H2,1H3,(H,15,17)(H,16,18)/t11-/m0/s1. The molecule has 0 fully saturated rings. The maximum absolute atomic E-state index is 11.9. The summed E-state index contributed by atoms with van der Waals surface area (Å²) in [6.07, 6.45) is 2.00. The number of hydroxylamine groups is 1. The zero-order valence-corrected chi connectivity index (χ0v) is 10.8. The minimum atomic E-state index is -0.951. The fourth-order valence-corrected chi connectivity index (χ4v) is 1.66. The van der Waals surface area contributed by atoms with Crippen LogP contribution >= 0.6 is 0 Å². The van der Waals surface area contributed by atoms with Gasteiger partial charge < -0.3 is 11.1 Å². The molecule has 0 unspecified atom stereocenters. The molecule has 0 aliphatic carbocycles. The van der Waals surface area contributed by atoms with E-state index < -0.39 is 17.9 Å². The van der Waals surface area contributed by atoms with E-state index in [-0.39, 0.29) is 6.54 Å². The van der Waals surface area contributed by atoms with E-state index in [4.69, 9.17) is 10.9 Å². The summed E-state index contributed by atoms with van der Waals surface area (Å²) in [6, 6.07) is 6.20. The minimum absolute atomic E-state index is 0.0912. The number of hydrogen-bond acceptors (Lipinski definition) is 4. The van der Waals surface area contributed by atoms with Gasteiger partial charge >= 0.3 is 0 Å². The van der Waals surface area contributed by atoms with Gasteiger partial charge in [-0.2, -0.15) is 0 Å². The predicted octanol–water partition coefficient (Wildman–Crippen LogP) is 0.202. The van der Waals surface area contributed by atoms with Crippen molar-refractivity contribution in [2.45, 2.75) is 25.8 Å². The molecule has 0 spiro atoms. The lowest BCUT2D eigenvalue weighted by atomic mass is 10.1. The molecular weight excluding hydrogens is 246 g/mol. The van der Waals surface area contributed by atoms with E-state index in [0.29, 0.717) is 5.56 Å². The van der Waals surface area contributed by atoms with Crippen LogP contribution in [0.3, 0.4) is 0 Å². The topological polar surface area (TPSA) is 104 Å². The normalized spacial score (nSPS) is 11.7. The molecule has 0 bridgehead atoms. The van der Waals surface area contributed by atoms with Crippen molar-refractivity contribution in [2.75, 3.05) is 6.54 Å². The van der Waals surface area contributed by atoms with Crippen molar-refractivity contribution >= 4 is 11.8 Å². The molecule has 6 nitrogen and oxygen atoms in total. The molecule has 5 N–H and O–H groups in total. The number of carbonyl (C=O) groups is 2. The van der Waals surface area contributed by atoms with Crippen molar-refractivity contribution in [2.24, 2.45) is 5.73 Å². The molecule has 0 radical (unpaired) electrons. The Labute approximate surface area is 111 Å². The Morgan fingerprint density at radius 2 is 1.95 bits per heavy atom. The smallest absolute Gasteiger partial charge is 0.267 e. The lowest BCUT2D eigenvalue weighted by molar-refractivity contribution is -0.130. The van der Waals surface area contributed by atoms with Crippen LogP contribution < -0.4 is 16.5 Å². The molecule has 1 rings (SSSR count). The molecular formula is C13H19N3O3. The Bertz CT molecular complexity index is 431. The van der Waals surface area contributed by atoms with Crippen LogP contribution in [-0.2, 0) is 11.2 Å². The summed E-state index contributed by atoms with van der Waals surface area (Å²) in [5.41, 5.74) is 8.42. The van der Waals surface area contributed by atoms with Crippen molar-refractivity contribution in [1.29, 1.82) is 0 Å². The molecule has 0 saturated heterocycles. The molecule has 6 heteroatoms. The Kier molecular flexibility index (Phi) is 5.98. The lowest BCUT2D eigenvalue weighted by Crippen LogP contribution is -2.50. The van der Waals surface area contributed by atoms with Crippen LogP contribution in [0.2, 0.25) is 0 Å². The Balaban J connectivity index is 2.69. The molecule has 1 aromatic rings. The van der Waals surface area contributed by atoms with E-state index in [9.17, 15) is 9.59 Å². The molecule has 0 aliphatic rings. The van der Waals surface area contributed by atoms with Gasteiger partial charge in [0.05, 0.1) is 0 Å². The number of nitrogens with one attached hydrogen (secondary N) is 2. The number of aryl methyl sites for hydroxylation is 1. The number of nitrogens with two attached hydrogens (primary N) is 1. The van der Waals surface area contributed by atoms with Gasteiger partial charge in [-0.05, 0) is 24.1 Å². The SMILES string of the molecule is CCCc1ccc(C(=O)N[C@@H](CN)C(=O)NO)cc1. The monoisotopic (exact) mass is 265 g/mol. The van der Waals surface area contributed by atoms with Crippen LogP contribution in [0.15, 0.2) is 24.3 Å². The zero-order chi connectivity index (χ0) is 14.3. The second-order valence-electron chi connectivity index (χ2n) is 4.18. The first kappa shape index (κ1) is 15.1. The van der Waals surface area contributed by atoms with Crippen molar-refractivity contribution in [3.63, 3.8) is 0 Å². The minimum Gasteiger partial charge on any atom is -0.339 e. The highest BCUT2D eigenvalue weighted by Gasteiger charge is 2.19. The quantitative estimate of drug-likeness (QED) is 0.435. The first-order valence-electron chi connectivity index (χ1n) is 6.16. The van der Waals surface area contributed by atoms with Gasteiger partial charge in [-0.1, -0.05) is 25.5 Å². The lowest BCUT2D eigenvalue weighted by Gasteiger charge is -2.14. The number of hydrogen-bond donors (Lipinski definition) is 4. The van der Waals surface area contributed by atoms with E-state index in [0.717, 1.165) is 18.4 Å². The zero-order valence-electron chi connectivity index (χ0n) is 10.8. The van der Waals surface area contributed by atoms with E-state index in [1.54, 1.807) is 12.1 Å². The number of amides is 2. The van der Waals surface area contributed by atoms with Crippen molar-refractivity contribution in [1.82, 2.24) is 10.8 Å². The van der Waals surface area contributed by atoms with Gasteiger partial charge in [0.15, 0.2) is 0 Å². The fraction of sp³-hybridized carbons (Fsp3) is 0.385. The highest BCUT2D eigenvalue weighted by Crippen LogP contribution is 2.06. The summed E-state index contributed by atoms with van der Waals surface area (Å²) in [5.74, 6) is -1.14.